The standard InChI is InChI=1S/C18H23N7/c1-11-8-14(24-18(22-11)25-6-4-5-7-25)9-19-16-15-12(2)13(3)23-17(15)21-10-20-16/h8,10H,4-7,9H2,1-3H3,(H2,19,20,21,23). The summed E-state index contributed by atoms with van der Waals surface area (Å²) in [6.45, 7) is 8.86. The molecule has 25 heavy (non-hydrogen) atoms. The molecule has 0 saturated carbocycles. The zero-order chi connectivity index (χ0) is 17.4. The van der Waals surface area contributed by atoms with E-state index in [0.29, 0.717) is 6.54 Å². The Balaban J connectivity index is 1.59. The number of aromatic amines is 1. The van der Waals surface area contributed by atoms with Crippen LogP contribution in [0.4, 0.5) is 11.8 Å². The minimum atomic E-state index is 0.611. The second-order valence-corrected chi connectivity index (χ2v) is 6.67. The molecule has 2 N–H and O–H groups in total. The first kappa shape index (κ1) is 15.8. The topological polar surface area (TPSA) is 82.6 Å². The second kappa shape index (κ2) is 6.31. The maximum absolute atomic E-state index is 4.74. The van der Waals surface area contributed by atoms with Gasteiger partial charge in [-0.05, 0) is 45.2 Å². The van der Waals surface area contributed by atoms with Crippen LogP contribution in [0.15, 0.2) is 12.4 Å². The molecule has 1 aliphatic heterocycles. The molecule has 130 valence electrons. The number of aryl methyl sites for hydroxylation is 3. The molecule has 0 bridgehead atoms. The van der Waals surface area contributed by atoms with E-state index in [9.17, 15) is 0 Å². The van der Waals surface area contributed by atoms with E-state index in [1.54, 1.807) is 6.33 Å². The van der Waals surface area contributed by atoms with Gasteiger partial charge in [0, 0.05) is 24.5 Å². The van der Waals surface area contributed by atoms with E-state index in [1.165, 1.54) is 18.4 Å². The minimum Gasteiger partial charge on any atom is -0.364 e. The number of anilines is 2. The van der Waals surface area contributed by atoms with Crippen LogP contribution in [0.3, 0.4) is 0 Å². The monoisotopic (exact) mass is 337 g/mol. The van der Waals surface area contributed by atoms with Gasteiger partial charge in [-0.15, -0.1) is 0 Å². The zero-order valence-corrected chi connectivity index (χ0v) is 14.9. The smallest absolute Gasteiger partial charge is 0.225 e. The molecule has 3 aromatic heterocycles. The quantitative estimate of drug-likeness (QED) is 0.762. The van der Waals surface area contributed by atoms with Crippen molar-refractivity contribution in [1.29, 1.82) is 0 Å². The van der Waals surface area contributed by atoms with E-state index in [1.807, 2.05) is 13.0 Å². The Bertz CT molecular complexity index is 909. The van der Waals surface area contributed by atoms with Gasteiger partial charge in [0.15, 0.2) is 0 Å². The molecular weight excluding hydrogens is 314 g/mol. The van der Waals surface area contributed by atoms with Gasteiger partial charge in [0.2, 0.25) is 5.95 Å². The maximum Gasteiger partial charge on any atom is 0.225 e. The van der Waals surface area contributed by atoms with E-state index < -0.39 is 0 Å². The molecule has 0 atom stereocenters. The van der Waals surface area contributed by atoms with E-state index in [4.69, 9.17) is 4.98 Å². The van der Waals surface area contributed by atoms with Gasteiger partial charge in [-0.2, -0.15) is 0 Å². The van der Waals surface area contributed by atoms with E-state index in [-0.39, 0.29) is 0 Å². The van der Waals surface area contributed by atoms with Gasteiger partial charge in [-0.1, -0.05) is 0 Å². The highest BCUT2D eigenvalue weighted by atomic mass is 15.3. The van der Waals surface area contributed by atoms with Crippen molar-refractivity contribution in [2.24, 2.45) is 0 Å². The first-order valence-corrected chi connectivity index (χ1v) is 8.75. The first-order valence-electron chi connectivity index (χ1n) is 8.75. The average molecular weight is 337 g/mol. The fourth-order valence-corrected chi connectivity index (χ4v) is 3.37. The van der Waals surface area contributed by atoms with Crippen LogP contribution >= 0.6 is 0 Å². The van der Waals surface area contributed by atoms with Gasteiger partial charge in [-0.25, -0.2) is 19.9 Å². The summed E-state index contributed by atoms with van der Waals surface area (Å²) >= 11 is 0. The Morgan fingerprint density at radius 3 is 2.72 bits per heavy atom. The third-order valence-electron chi connectivity index (χ3n) is 4.81. The lowest BCUT2D eigenvalue weighted by Gasteiger charge is -2.16. The zero-order valence-electron chi connectivity index (χ0n) is 14.9. The van der Waals surface area contributed by atoms with E-state index in [2.05, 4.69) is 44.0 Å². The third kappa shape index (κ3) is 3.01. The largest absolute Gasteiger partial charge is 0.364 e. The lowest BCUT2D eigenvalue weighted by molar-refractivity contribution is 0.865. The molecule has 0 aliphatic carbocycles. The van der Waals surface area contributed by atoms with Crippen molar-refractivity contribution in [2.45, 2.75) is 40.2 Å². The van der Waals surface area contributed by atoms with Crippen molar-refractivity contribution in [1.82, 2.24) is 24.9 Å². The summed E-state index contributed by atoms with van der Waals surface area (Å²) in [5, 5.41) is 4.47. The van der Waals surface area contributed by atoms with Crippen molar-refractivity contribution in [2.75, 3.05) is 23.3 Å². The Labute approximate surface area is 146 Å². The second-order valence-electron chi connectivity index (χ2n) is 6.67. The highest BCUT2D eigenvalue weighted by Gasteiger charge is 2.16. The molecule has 1 aliphatic rings. The third-order valence-corrected chi connectivity index (χ3v) is 4.81. The van der Waals surface area contributed by atoms with Gasteiger partial charge in [-0.3, -0.25) is 0 Å². The molecule has 3 aromatic rings. The molecule has 0 radical (unpaired) electrons. The number of nitrogens with one attached hydrogen (secondary N) is 2. The van der Waals surface area contributed by atoms with Crippen LogP contribution in [0.1, 0.15) is 35.5 Å². The van der Waals surface area contributed by atoms with Crippen molar-refractivity contribution in [3.05, 3.63) is 35.0 Å². The summed E-state index contributed by atoms with van der Waals surface area (Å²) in [5.41, 5.74) is 5.13. The number of fused-ring (bicyclic) bond motifs is 1. The molecule has 4 rings (SSSR count). The van der Waals surface area contributed by atoms with Crippen LogP contribution in [-0.2, 0) is 6.54 Å². The molecule has 0 unspecified atom stereocenters. The lowest BCUT2D eigenvalue weighted by Crippen LogP contribution is -2.21. The van der Waals surface area contributed by atoms with E-state index in [0.717, 1.165) is 53.0 Å². The molecule has 1 saturated heterocycles. The van der Waals surface area contributed by atoms with Crippen molar-refractivity contribution < 1.29 is 0 Å². The van der Waals surface area contributed by atoms with Crippen LogP contribution in [0.25, 0.3) is 11.0 Å². The number of rotatable bonds is 4. The summed E-state index contributed by atoms with van der Waals surface area (Å²) in [7, 11) is 0. The number of H-pyrrole nitrogens is 1. The van der Waals surface area contributed by atoms with Crippen molar-refractivity contribution in [3.8, 4) is 0 Å². The molecular formula is C18H23N7. The number of aromatic nitrogens is 5. The molecule has 0 amide bonds. The predicted molar refractivity (Wildman–Crippen MR) is 98.9 cm³/mol. The summed E-state index contributed by atoms with van der Waals surface area (Å²) in [5.74, 6) is 1.68. The lowest BCUT2D eigenvalue weighted by atomic mass is 10.2. The van der Waals surface area contributed by atoms with Gasteiger partial charge in [0.25, 0.3) is 0 Å². The SMILES string of the molecule is Cc1cc(CNc2ncnc3[nH]c(C)c(C)c23)nc(N2CCCC2)n1. The number of hydrogen-bond donors (Lipinski definition) is 2. The Kier molecular flexibility index (Phi) is 3.99. The van der Waals surface area contributed by atoms with Gasteiger partial charge in [0.05, 0.1) is 17.6 Å². The number of hydrogen-bond acceptors (Lipinski definition) is 6. The summed E-state index contributed by atoms with van der Waals surface area (Å²) in [6.07, 6.45) is 4.02. The molecule has 0 spiro atoms. The Hall–Kier alpha value is -2.70. The molecule has 1 fully saturated rings. The first-order chi connectivity index (χ1) is 12.1. The minimum absolute atomic E-state index is 0.611. The van der Waals surface area contributed by atoms with Crippen molar-refractivity contribution in [3.63, 3.8) is 0 Å². The van der Waals surface area contributed by atoms with Crippen LogP contribution in [0.5, 0.6) is 0 Å². The summed E-state index contributed by atoms with van der Waals surface area (Å²) < 4.78 is 0. The van der Waals surface area contributed by atoms with Gasteiger partial charge < -0.3 is 15.2 Å². The Morgan fingerprint density at radius 1 is 1.12 bits per heavy atom. The van der Waals surface area contributed by atoms with Gasteiger partial charge in [0.1, 0.15) is 17.8 Å². The predicted octanol–water partition coefficient (Wildman–Crippen LogP) is 2.89. The van der Waals surface area contributed by atoms with Gasteiger partial charge >= 0.3 is 0 Å². The highest BCUT2D eigenvalue weighted by molar-refractivity contribution is 5.91. The summed E-state index contributed by atoms with van der Waals surface area (Å²) in [4.78, 5) is 23.6. The molecule has 4 heterocycles. The van der Waals surface area contributed by atoms with Crippen molar-refractivity contribution >= 4 is 22.8 Å². The fraction of sp³-hybridized carbons (Fsp3) is 0.444. The maximum atomic E-state index is 4.74. The molecule has 7 heteroatoms. The fourth-order valence-electron chi connectivity index (χ4n) is 3.37. The van der Waals surface area contributed by atoms with Crippen LogP contribution in [0, 0.1) is 20.8 Å². The number of nitrogens with zero attached hydrogens (tertiary/aromatic N) is 5. The molecule has 0 aromatic carbocycles. The average Bonchev–Trinajstić information content (AvgIpc) is 3.22. The van der Waals surface area contributed by atoms with Crippen LogP contribution < -0.4 is 10.2 Å². The molecule has 7 nitrogen and oxygen atoms in total. The van der Waals surface area contributed by atoms with Crippen LogP contribution in [-0.4, -0.2) is 38.0 Å². The normalized spacial score (nSPS) is 14.4. The summed E-state index contributed by atoms with van der Waals surface area (Å²) in [6, 6.07) is 2.03. The Morgan fingerprint density at radius 2 is 1.92 bits per heavy atom. The van der Waals surface area contributed by atoms with Crippen LogP contribution in [0.2, 0.25) is 0 Å². The van der Waals surface area contributed by atoms with E-state index >= 15 is 0 Å². The highest BCUT2D eigenvalue weighted by Crippen LogP contribution is 2.25.